The Kier molecular flexibility index (Phi) is 2.26. The molecule has 15 heavy (non-hydrogen) atoms. The van der Waals surface area contributed by atoms with Gasteiger partial charge in [-0.3, -0.25) is 4.40 Å². The Morgan fingerprint density at radius 3 is 2.67 bits per heavy atom. The van der Waals surface area contributed by atoms with Crippen LogP contribution in [0.25, 0.3) is 5.65 Å². The number of rotatable bonds is 0. The second-order valence-corrected chi connectivity index (χ2v) is 5.52. The molecule has 0 atom stereocenters. The first-order valence-electron chi connectivity index (χ1n) is 4.82. The monoisotopic (exact) mass is 267 g/mol. The van der Waals surface area contributed by atoms with Crippen LogP contribution in [0.3, 0.4) is 0 Å². The van der Waals surface area contributed by atoms with Crippen LogP contribution in [-0.2, 0) is 5.41 Å². The maximum Gasteiger partial charge on any atom is 0.160 e. The number of fused-ring (bicyclic) bond motifs is 1. The van der Waals surface area contributed by atoms with Crippen LogP contribution < -0.4 is 5.73 Å². The van der Waals surface area contributed by atoms with Crippen molar-refractivity contribution in [2.75, 3.05) is 5.73 Å². The highest BCUT2D eigenvalue weighted by Gasteiger charge is 2.16. The third-order valence-electron chi connectivity index (χ3n) is 2.46. The van der Waals surface area contributed by atoms with E-state index < -0.39 is 0 Å². The highest BCUT2D eigenvalue weighted by atomic mass is 79.9. The summed E-state index contributed by atoms with van der Waals surface area (Å²) < 4.78 is 2.89. The van der Waals surface area contributed by atoms with E-state index in [0.29, 0.717) is 5.69 Å². The van der Waals surface area contributed by atoms with E-state index in [4.69, 9.17) is 5.73 Å². The SMILES string of the molecule is CC(C)(C)c1cc(N)c2ncc(Br)n2c1. The van der Waals surface area contributed by atoms with Gasteiger partial charge in [0, 0.05) is 6.20 Å². The van der Waals surface area contributed by atoms with E-state index >= 15 is 0 Å². The Balaban J connectivity index is 2.76. The molecule has 4 heteroatoms. The van der Waals surface area contributed by atoms with E-state index in [9.17, 15) is 0 Å². The first-order valence-corrected chi connectivity index (χ1v) is 5.61. The molecule has 2 aromatic heterocycles. The fraction of sp³-hybridized carbons (Fsp3) is 0.364. The number of pyridine rings is 1. The number of halogens is 1. The zero-order valence-electron chi connectivity index (χ0n) is 9.08. The van der Waals surface area contributed by atoms with Gasteiger partial charge >= 0.3 is 0 Å². The van der Waals surface area contributed by atoms with Crippen molar-refractivity contribution in [2.24, 2.45) is 0 Å². The maximum absolute atomic E-state index is 5.96. The number of nitrogens with two attached hydrogens (primary N) is 1. The van der Waals surface area contributed by atoms with Gasteiger partial charge in [-0.1, -0.05) is 20.8 Å². The van der Waals surface area contributed by atoms with Gasteiger partial charge in [0.1, 0.15) is 4.60 Å². The van der Waals surface area contributed by atoms with E-state index in [1.165, 1.54) is 5.56 Å². The summed E-state index contributed by atoms with van der Waals surface area (Å²) in [5.41, 5.74) is 8.77. The lowest BCUT2D eigenvalue weighted by Gasteiger charge is -2.19. The van der Waals surface area contributed by atoms with Crippen LogP contribution in [-0.4, -0.2) is 9.38 Å². The molecule has 0 unspecified atom stereocenters. The van der Waals surface area contributed by atoms with Gasteiger partial charge in [-0.05, 0) is 33.0 Å². The van der Waals surface area contributed by atoms with Crippen LogP contribution >= 0.6 is 15.9 Å². The summed E-state index contributed by atoms with van der Waals surface area (Å²) in [4.78, 5) is 4.23. The second-order valence-electron chi connectivity index (χ2n) is 4.71. The summed E-state index contributed by atoms with van der Waals surface area (Å²) in [6.07, 6.45) is 3.83. The van der Waals surface area contributed by atoms with Gasteiger partial charge in [0.2, 0.25) is 0 Å². The Morgan fingerprint density at radius 1 is 1.40 bits per heavy atom. The summed E-state index contributed by atoms with van der Waals surface area (Å²) in [5.74, 6) is 0. The molecule has 0 amide bonds. The molecule has 0 spiro atoms. The average molecular weight is 268 g/mol. The number of hydrogen-bond acceptors (Lipinski definition) is 2. The van der Waals surface area contributed by atoms with Gasteiger partial charge in [-0.25, -0.2) is 4.98 Å². The predicted molar refractivity (Wildman–Crippen MR) is 66.0 cm³/mol. The zero-order valence-corrected chi connectivity index (χ0v) is 10.7. The lowest BCUT2D eigenvalue weighted by Crippen LogP contribution is -2.13. The minimum Gasteiger partial charge on any atom is -0.396 e. The number of nitrogens with zero attached hydrogens (tertiary/aromatic N) is 2. The number of imidazole rings is 1. The minimum atomic E-state index is 0.0893. The van der Waals surface area contributed by atoms with Crippen molar-refractivity contribution >= 4 is 27.3 Å². The lowest BCUT2D eigenvalue weighted by molar-refractivity contribution is 0.586. The Labute approximate surface area is 97.4 Å². The van der Waals surface area contributed by atoms with E-state index in [0.717, 1.165) is 10.3 Å². The summed E-state index contributed by atoms with van der Waals surface area (Å²) in [6.45, 7) is 6.50. The third-order valence-corrected chi connectivity index (χ3v) is 3.04. The standard InChI is InChI=1S/C11H14BrN3/c1-11(2,3)7-4-8(13)10-14-5-9(12)15(10)6-7/h4-6H,13H2,1-3H3. The number of nitrogen functional groups attached to an aromatic ring is 1. The molecule has 0 bridgehead atoms. The molecule has 0 aliphatic heterocycles. The molecule has 2 N–H and O–H groups in total. The van der Waals surface area contributed by atoms with Crippen LogP contribution in [0, 0.1) is 0 Å². The molecule has 0 aliphatic rings. The van der Waals surface area contributed by atoms with Crippen LogP contribution in [0.15, 0.2) is 23.1 Å². The van der Waals surface area contributed by atoms with Crippen molar-refractivity contribution in [1.82, 2.24) is 9.38 Å². The molecule has 0 saturated heterocycles. The molecule has 2 aromatic rings. The van der Waals surface area contributed by atoms with Gasteiger partial charge in [-0.15, -0.1) is 0 Å². The average Bonchev–Trinajstić information content (AvgIpc) is 2.47. The van der Waals surface area contributed by atoms with Crippen LogP contribution in [0.2, 0.25) is 0 Å². The van der Waals surface area contributed by atoms with Crippen molar-refractivity contribution in [3.05, 3.63) is 28.6 Å². The summed E-state index contributed by atoms with van der Waals surface area (Å²) >= 11 is 3.45. The first kappa shape index (κ1) is 10.5. The topological polar surface area (TPSA) is 43.3 Å². The third kappa shape index (κ3) is 1.74. The molecule has 2 rings (SSSR count). The fourth-order valence-corrected chi connectivity index (χ4v) is 1.87. The molecule has 80 valence electrons. The van der Waals surface area contributed by atoms with Crippen molar-refractivity contribution < 1.29 is 0 Å². The second kappa shape index (κ2) is 3.23. The highest BCUT2D eigenvalue weighted by molar-refractivity contribution is 9.10. The molecule has 0 radical (unpaired) electrons. The van der Waals surface area contributed by atoms with Crippen molar-refractivity contribution in [3.63, 3.8) is 0 Å². The van der Waals surface area contributed by atoms with Crippen LogP contribution in [0.4, 0.5) is 5.69 Å². The maximum atomic E-state index is 5.96. The van der Waals surface area contributed by atoms with Crippen LogP contribution in [0.5, 0.6) is 0 Å². The molecule has 0 saturated carbocycles. The fourth-order valence-electron chi connectivity index (χ4n) is 1.49. The molecule has 0 aliphatic carbocycles. The van der Waals surface area contributed by atoms with Gasteiger partial charge in [0.25, 0.3) is 0 Å². The Bertz CT molecular complexity index is 508. The largest absolute Gasteiger partial charge is 0.396 e. The van der Waals surface area contributed by atoms with E-state index in [1.807, 2.05) is 10.5 Å². The van der Waals surface area contributed by atoms with E-state index in [1.54, 1.807) is 6.20 Å². The number of aromatic nitrogens is 2. The molecule has 2 heterocycles. The van der Waals surface area contributed by atoms with Crippen molar-refractivity contribution in [1.29, 1.82) is 0 Å². The van der Waals surface area contributed by atoms with Gasteiger partial charge in [-0.2, -0.15) is 0 Å². The van der Waals surface area contributed by atoms with Crippen LogP contribution in [0.1, 0.15) is 26.3 Å². The van der Waals surface area contributed by atoms with E-state index in [2.05, 4.69) is 47.9 Å². The molecular weight excluding hydrogens is 254 g/mol. The normalized spacial score (nSPS) is 12.3. The molecule has 0 aromatic carbocycles. The summed E-state index contributed by atoms with van der Waals surface area (Å²) in [7, 11) is 0. The first-order chi connectivity index (χ1) is 6.89. The van der Waals surface area contributed by atoms with Gasteiger partial charge < -0.3 is 5.73 Å². The van der Waals surface area contributed by atoms with Crippen molar-refractivity contribution in [2.45, 2.75) is 26.2 Å². The minimum absolute atomic E-state index is 0.0893. The van der Waals surface area contributed by atoms with Gasteiger partial charge in [0.15, 0.2) is 5.65 Å². The number of hydrogen-bond donors (Lipinski definition) is 1. The highest BCUT2D eigenvalue weighted by Crippen LogP contribution is 2.27. The molecule has 3 nitrogen and oxygen atoms in total. The molecular formula is C11H14BrN3. The Morgan fingerprint density at radius 2 is 2.07 bits per heavy atom. The van der Waals surface area contributed by atoms with Crippen molar-refractivity contribution in [3.8, 4) is 0 Å². The number of anilines is 1. The summed E-state index contributed by atoms with van der Waals surface area (Å²) in [5, 5.41) is 0. The smallest absolute Gasteiger partial charge is 0.160 e. The molecule has 0 fully saturated rings. The van der Waals surface area contributed by atoms with Gasteiger partial charge in [0.05, 0.1) is 11.9 Å². The quantitative estimate of drug-likeness (QED) is 0.798. The lowest BCUT2D eigenvalue weighted by atomic mass is 9.88. The zero-order chi connectivity index (χ0) is 11.2. The summed E-state index contributed by atoms with van der Waals surface area (Å²) in [6, 6.07) is 1.99. The van der Waals surface area contributed by atoms with E-state index in [-0.39, 0.29) is 5.41 Å². The Hall–Kier alpha value is -1.03. The predicted octanol–water partition coefficient (Wildman–Crippen LogP) is 2.98.